The molecule has 1 aromatic carbocycles. The molecule has 0 bridgehead atoms. The van der Waals surface area contributed by atoms with Crippen LogP contribution in [0.2, 0.25) is 0 Å². The topological polar surface area (TPSA) is 56.9 Å². The lowest BCUT2D eigenvalue weighted by molar-refractivity contribution is 0.270. The lowest BCUT2D eigenvalue weighted by Gasteiger charge is -2.22. The number of aliphatic hydroxyl groups excluding tert-OH is 1. The van der Waals surface area contributed by atoms with Gasteiger partial charge in [-0.05, 0) is 41.8 Å². The van der Waals surface area contributed by atoms with Gasteiger partial charge in [0.2, 0.25) is 0 Å². The summed E-state index contributed by atoms with van der Waals surface area (Å²) < 4.78 is 27.4. The van der Waals surface area contributed by atoms with E-state index in [9.17, 15) is 19.1 Å². The molecule has 0 saturated carbocycles. The number of rotatable bonds is 5. The van der Waals surface area contributed by atoms with E-state index in [1.165, 1.54) is 6.20 Å². The van der Waals surface area contributed by atoms with E-state index in [0.29, 0.717) is 5.56 Å². The number of nitriles is 1. The molecular formula is C16H14F2N2O. The highest BCUT2D eigenvalue weighted by molar-refractivity contribution is 5.32. The first-order chi connectivity index (χ1) is 10.2. The highest BCUT2D eigenvalue weighted by Crippen LogP contribution is 2.36. The van der Waals surface area contributed by atoms with Crippen molar-refractivity contribution in [2.75, 3.05) is 6.61 Å². The summed E-state index contributed by atoms with van der Waals surface area (Å²) in [4.78, 5) is 3.95. The molecule has 2 rings (SSSR count). The molecule has 0 saturated heterocycles. The molecule has 0 aliphatic carbocycles. The zero-order valence-corrected chi connectivity index (χ0v) is 11.2. The van der Waals surface area contributed by atoms with E-state index in [4.69, 9.17) is 0 Å². The van der Waals surface area contributed by atoms with Crippen LogP contribution in [0.5, 0.6) is 0 Å². The average molecular weight is 288 g/mol. The van der Waals surface area contributed by atoms with Gasteiger partial charge in [0, 0.05) is 24.9 Å². The van der Waals surface area contributed by atoms with E-state index in [2.05, 4.69) is 11.1 Å². The molecule has 21 heavy (non-hydrogen) atoms. The van der Waals surface area contributed by atoms with Crippen LogP contribution in [-0.4, -0.2) is 16.7 Å². The van der Waals surface area contributed by atoms with E-state index >= 15 is 0 Å². The second-order valence-electron chi connectivity index (χ2n) is 4.68. The Labute approximate surface area is 121 Å². The third kappa shape index (κ3) is 3.41. The second-order valence-corrected chi connectivity index (χ2v) is 4.68. The van der Waals surface area contributed by atoms with E-state index in [0.717, 1.165) is 18.2 Å². The van der Waals surface area contributed by atoms with Crippen molar-refractivity contribution in [3.05, 3.63) is 65.5 Å². The van der Waals surface area contributed by atoms with Crippen LogP contribution in [0.3, 0.4) is 0 Å². The lowest BCUT2D eigenvalue weighted by atomic mass is 9.80. The van der Waals surface area contributed by atoms with Crippen molar-refractivity contribution in [2.24, 2.45) is 0 Å². The van der Waals surface area contributed by atoms with Gasteiger partial charge in [0.05, 0.1) is 12.0 Å². The lowest BCUT2D eigenvalue weighted by Crippen LogP contribution is -2.14. The SMILES string of the molecule is N#C[C@@H](c1cccnc1)[C@@H](CCO)c1cc(F)ccc1F. The van der Waals surface area contributed by atoms with Gasteiger partial charge in [-0.1, -0.05) is 6.07 Å². The van der Waals surface area contributed by atoms with Crippen molar-refractivity contribution in [1.29, 1.82) is 5.26 Å². The Morgan fingerprint density at radius 1 is 1.29 bits per heavy atom. The molecule has 0 aliphatic heterocycles. The Morgan fingerprint density at radius 2 is 2.10 bits per heavy atom. The summed E-state index contributed by atoms with van der Waals surface area (Å²) in [5.74, 6) is -2.50. The quantitative estimate of drug-likeness (QED) is 0.919. The molecule has 0 unspecified atom stereocenters. The third-order valence-electron chi connectivity index (χ3n) is 3.38. The van der Waals surface area contributed by atoms with Crippen LogP contribution in [-0.2, 0) is 0 Å². The van der Waals surface area contributed by atoms with Gasteiger partial charge in [0.15, 0.2) is 0 Å². The fourth-order valence-corrected chi connectivity index (χ4v) is 2.40. The van der Waals surface area contributed by atoms with Gasteiger partial charge in [-0.3, -0.25) is 4.98 Å². The summed E-state index contributed by atoms with van der Waals surface area (Å²) in [6.45, 7) is -0.223. The molecule has 0 spiro atoms. The molecule has 0 amide bonds. The Balaban J connectivity index is 2.47. The van der Waals surface area contributed by atoms with Crippen LogP contribution < -0.4 is 0 Å². The van der Waals surface area contributed by atoms with Crippen LogP contribution in [0.15, 0.2) is 42.7 Å². The maximum Gasteiger partial charge on any atom is 0.126 e. The minimum Gasteiger partial charge on any atom is -0.396 e. The van der Waals surface area contributed by atoms with Crippen LogP contribution >= 0.6 is 0 Å². The average Bonchev–Trinajstić information content (AvgIpc) is 2.51. The van der Waals surface area contributed by atoms with Crippen molar-refractivity contribution in [3.8, 4) is 6.07 Å². The van der Waals surface area contributed by atoms with Crippen molar-refractivity contribution in [3.63, 3.8) is 0 Å². The minimum absolute atomic E-state index is 0.0967. The number of aliphatic hydroxyl groups is 1. The first-order valence-electron chi connectivity index (χ1n) is 6.52. The van der Waals surface area contributed by atoms with Crippen molar-refractivity contribution < 1.29 is 13.9 Å². The van der Waals surface area contributed by atoms with Crippen LogP contribution in [0.25, 0.3) is 0 Å². The number of hydrogen-bond donors (Lipinski definition) is 1. The Kier molecular flexibility index (Phi) is 4.96. The molecule has 108 valence electrons. The van der Waals surface area contributed by atoms with Crippen molar-refractivity contribution in [2.45, 2.75) is 18.3 Å². The smallest absolute Gasteiger partial charge is 0.126 e. The van der Waals surface area contributed by atoms with Gasteiger partial charge in [-0.2, -0.15) is 5.26 Å². The maximum atomic E-state index is 14.0. The zero-order chi connectivity index (χ0) is 15.2. The van der Waals surface area contributed by atoms with Gasteiger partial charge in [0.1, 0.15) is 11.6 Å². The number of pyridine rings is 1. The van der Waals surface area contributed by atoms with Crippen LogP contribution in [0.4, 0.5) is 8.78 Å². The standard InChI is InChI=1S/C16H14F2N2O/c17-12-3-4-16(18)14(8-12)13(5-7-21)15(9-19)11-2-1-6-20-10-11/h1-4,6,8,10,13,15,21H,5,7H2/t13-,15-/m0/s1. The van der Waals surface area contributed by atoms with Gasteiger partial charge in [0.25, 0.3) is 0 Å². The monoisotopic (exact) mass is 288 g/mol. The molecule has 5 heteroatoms. The second kappa shape index (κ2) is 6.91. The Morgan fingerprint density at radius 3 is 2.71 bits per heavy atom. The Bertz CT molecular complexity index is 640. The highest BCUT2D eigenvalue weighted by Gasteiger charge is 2.27. The molecule has 1 aromatic heterocycles. The van der Waals surface area contributed by atoms with E-state index in [-0.39, 0.29) is 18.6 Å². The van der Waals surface area contributed by atoms with E-state index < -0.39 is 23.5 Å². The summed E-state index contributed by atoms with van der Waals surface area (Å²) in [6, 6.07) is 8.64. The summed E-state index contributed by atoms with van der Waals surface area (Å²) in [5, 5.41) is 18.6. The van der Waals surface area contributed by atoms with Gasteiger partial charge in [-0.25, -0.2) is 8.78 Å². The molecule has 0 fully saturated rings. The predicted octanol–water partition coefficient (Wildman–Crippen LogP) is 3.13. The van der Waals surface area contributed by atoms with Gasteiger partial charge < -0.3 is 5.11 Å². The normalized spacial score (nSPS) is 13.4. The number of halogens is 2. The first-order valence-corrected chi connectivity index (χ1v) is 6.52. The van der Waals surface area contributed by atoms with Crippen molar-refractivity contribution >= 4 is 0 Å². The fraction of sp³-hybridized carbons (Fsp3) is 0.250. The highest BCUT2D eigenvalue weighted by atomic mass is 19.1. The predicted molar refractivity (Wildman–Crippen MR) is 73.4 cm³/mol. The fourth-order valence-electron chi connectivity index (χ4n) is 2.40. The number of nitrogens with zero attached hydrogens (tertiary/aromatic N) is 2. The summed E-state index contributed by atoms with van der Waals surface area (Å²) in [7, 11) is 0. The molecule has 3 nitrogen and oxygen atoms in total. The van der Waals surface area contributed by atoms with Gasteiger partial charge in [-0.15, -0.1) is 0 Å². The molecule has 1 heterocycles. The van der Waals surface area contributed by atoms with Gasteiger partial charge >= 0.3 is 0 Å². The molecule has 0 radical (unpaired) electrons. The van der Waals surface area contributed by atoms with Crippen LogP contribution in [0.1, 0.15) is 29.4 Å². The summed E-state index contributed by atoms with van der Waals surface area (Å²) in [6.07, 6.45) is 3.25. The van der Waals surface area contributed by atoms with Crippen LogP contribution in [0, 0.1) is 23.0 Å². The van der Waals surface area contributed by atoms with E-state index in [1.54, 1.807) is 18.3 Å². The molecule has 2 atom stereocenters. The first kappa shape index (κ1) is 15.1. The molecule has 2 aromatic rings. The molecule has 1 N–H and O–H groups in total. The summed E-state index contributed by atoms with van der Waals surface area (Å²) in [5.41, 5.74) is 0.710. The summed E-state index contributed by atoms with van der Waals surface area (Å²) >= 11 is 0. The minimum atomic E-state index is -0.706. The third-order valence-corrected chi connectivity index (χ3v) is 3.38. The molecular weight excluding hydrogens is 274 g/mol. The number of benzene rings is 1. The molecule has 0 aliphatic rings. The Hall–Kier alpha value is -2.32. The number of aromatic nitrogens is 1. The maximum absolute atomic E-state index is 14.0. The van der Waals surface area contributed by atoms with Crippen molar-refractivity contribution in [1.82, 2.24) is 4.98 Å². The van der Waals surface area contributed by atoms with E-state index in [1.807, 2.05) is 0 Å². The number of hydrogen-bond acceptors (Lipinski definition) is 3. The zero-order valence-electron chi connectivity index (χ0n) is 11.2. The largest absolute Gasteiger partial charge is 0.396 e.